The molecular weight excluding hydrogens is 366 g/mol. The summed E-state index contributed by atoms with van der Waals surface area (Å²) in [7, 11) is 0. The van der Waals surface area contributed by atoms with E-state index in [1.807, 2.05) is 13.8 Å². The minimum absolute atomic E-state index is 0.0117. The lowest BCUT2D eigenvalue weighted by atomic mass is 9.98. The smallest absolute Gasteiger partial charge is 0.239 e. The zero-order valence-electron chi connectivity index (χ0n) is 17.9. The van der Waals surface area contributed by atoms with Crippen LogP contribution in [0.1, 0.15) is 68.3 Å². The Morgan fingerprint density at radius 3 is 2.55 bits per heavy atom. The van der Waals surface area contributed by atoms with Crippen LogP contribution >= 0.6 is 0 Å². The molecule has 1 unspecified atom stereocenters. The van der Waals surface area contributed by atoms with Gasteiger partial charge in [-0.25, -0.2) is 0 Å². The molecule has 0 bridgehead atoms. The van der Waals surface area contributed by atoms with Crippen molar-refractivity contribution in [1.29, 1.82) is 5.26 Å². The summed E-state index contributed by atoms with van der Waals surface area (Å²) in [4.78, 5) is 26.2. The van der Waals surface area contributed by atoms with E-state index in [0.717, 1.165) is 50.0 Å². The van der Waals surface area contributed by atoms with Crippen molar-refractivity contribution in [3.63, 3.8) is 0 Å². The van der Waals surface area contributed by atoms with E-state index in [1.165, 1.54) is 19.8 Å². The Bertz CT molecular complexity index is 801. The standard InChI is InChI=1S/C22H33N5O2/c1-15-16(2)27(19-8-4-5-9-19)22(20(15)11-23)25-21(29)14-26-10-6-7-18(13-26)12-24-17(3)28/h18-19H,4-10,12-14H2,1-3H3,(H,24,28)(H,25,29). The van der Waals surface area contributed by atoms with E-state index in [0.29, 0.717) is 36.4 Å². The Balaban J connectivity index is 1.68. The molecule has 1 saturated heterocycles. The first-order valence-corrected chi connectivity index (χ1v) is 10.8. The van der Waals surface area contributed by atoms with Crippen molar-refractivity contribution >= 4 is 17.6 Å². The molecule has 0 radical (unpaired) electrons. The van der Waals surface area contributed by atoms with E-state index in [9.17, 15) is 14.9 Å². The molecule has 1 aliphatic heterocycles. The Hall–Kier alpha value is -2.33. The number of nitrogens with zero attached hydrogens (tertiary/aromatic N) is 3. The lowest BCUT2D eigenvalue weighted by Crippen LogP contribution is -2.43. The van der Waals surface area contributed by atoms with Gasteiger partial charge in [-0.15, -0.1) is 0 Å². The summed E-state index contributed by atoms with van der Waals surface area (Å²) in [6.07, 6.45) is 6.68. The quantitative estimate of drug-likeness (QED) is 0.770. The predicted octanol–water partition coefficient (Wildman–Crippen LogP) is 2.88. The van der Waals surface area contributed by atoms with Gasteiger partial charge in [-0.05, 0) is 57.6 Å². The summed E-state index contributed by atoms with van der Waals surface area (Å²) in [5, 5.41) is 15.7. The van der Waals surface area contributed by atoms with E-state index in [4.69, 9.17) is 0 Å². The van der Waals surface area contributed by atoms with Crippen molar-refractivity contribution in [2.24, 2.45) is 5.92 Å². The second-order valence-corrected chi connectivity index (χ2v) is 8.58. The molecule has 7 heteroatoms. The highest BCUT2D eigenvalue weighted by atomic mass is 16.2. The normalized spacial score (nSPS) is 20.4. The number of hydrogen-bond donors (Lipinski definition) is 2. The van der Waals surface area contributed by atoms with Crippen molar-refractivity contribution in [2.75, 3.05) is 31.5 Å². The molecule has 2 heterocycles. The van der Waals surface area contributed by atoms with Crippen LogP contribution in [0.15, 0.2) is 0 Å². The number of aromatic nitrogens is 1. The van der Waals surface area contributed by atoms with Gasteiger partial charge < -0.3 is 15.2 Å². The molecule has 0 aromatic carbocycles. The van der Waals surface area contributed by atoms with Gasteiger partial charge in [-0.3, -0.25) is 14.5 Å². The van der Waals surface area contributed by atoms with Crippen LogP contribution in [0.2, 0.25) is 0 Å². The number of hydrogen-bond acceptors (Lipinski definition) is 4. The van der Waals surface area contributed by atoms with Gasteiger partial charge in [-0.2, -0.15) is 5.26 Å². The van der Waals surface area contributed by atoms with E-state index in [1.54, 1.807) is 0 Å². The third kappa shape index (κ3) is 4.99. The Kier molecular flexibility index (Phi) is 6.96. The fourth-order valence-electron chi connectivity index (χ4n) is 4.83. The van der Waals surface area contributed by atoms with Gasteiger partial charge in [-0.1, -0.05) is 12.8 Å². The maximum Gasteiger partial charge on any atom is 0.239 e. The second-order valence-electron chi connectivity index (χ2n) is 8.58. The largest absolute Gasteiger partial charge is 0.356 e. The zero-order chi connectivity index (χ0) is 21.0. The lowest BCUT2D eigenvalue weighted by Gasteiger charge is -2.32. The van der Waals surface area contributed by atoms with E-state index < -0.39 is 0 Å². The van der Waals surface area contributed by atoms with Crippen LogP contribution in [0, 0.1) is 31.1 Å². The summed E-state index contributed by atoms with van der Waals surface area (Å²) >= 11 is 0. The number of amides is 2. The zero-order valence-corrected chi connectivity index (χ0v) is 17.9. The van der Waals surface area contributed by atoms with Gasteiger partial charge in [0.2, 0.25) is 11.8 Å². The van der Waals surface area contributed by atoms with Gasteiger partial charge in [0, 0.05) is 31.7 Å². The first-order valence-electron chi connectivity index (χ1n) is 10.8. The van der Waals surface area contributed by atoms with E-state index in [2.05, 4.69) is 26.2 Å². The fourth-order valence-corrected chi connectivity index (χ4v) is 4.83. The summed E-state index contributed by atoms with van der Waals surface area (Å²) < 4.78 is 2.19. The highest BCUT2D eigenvalue weighted by Gasteiger charge is 2.28. The topological polar surface area (TPSA) is 90.2 Å². The first kappa shape index (κ1) is 21.4. The molecule has 1 atom stereocenters. The number of rotatable bonds is 6. The molecule has 2 aliphatic rings. The van der Waals surface area contributed by atoms with Gasteiger partial charge in [0.15, 0.2) is 0 Å². The number of carbonyl (C=O) groups excluding carboxylic acids is 2. The Labute approximate surface area is 173 Å². The summed E-state index contributed by atoms with van der Waals surface area (Å²) in [6, 6.07) is 2.67. The molecule has 3 rings (SSSR count). The Morgan fingerprint density at radius 1 is 1.17 bits per heavy atom. The fraction of sp³-hybridized carbons (Fsp3) is 0.682. The number of carbonyl (C=O) groups is 2. The summed E-state index contributed by atoms with van der Waals surface area (Å²) in [6.45, 7) is 8.21. The number of nitriles is 1. The van der Waals surface area contributed by atoms with Crippen LogP contribution in [0.3, 0.4) is 0 Å². The minimum atomic E-state index is -0.0709. The molecule has 1 aromatic heterocycles. The number of nitrogens with one attached hydrogen (secondary N) is 2. The van der Waals surface area contributed by atoms with Gasteiger partial charge >= 0.3 is 0 Å². The van der Waals surface area contributed by atoms with Gasteiger partial charge in [0.25, 0.3) is 0 Å². The van der Waals surface area contributed by atoms with Crippen LogP contribution in [0.5, 0.6) is 0 Å². The third-order valence-electron chi connectivity index (χ3n) is 6.43. The molecule has 2 fully saturated rings. The molecule has 7 nitrogen and oxygen atoms in total. The molecule has 158 valence electrons. The van der Waals surface area contributed by atoms with E-state index in [-0.39, 0.29) is 11.8 Å². The van der Waals surface area contributed by atoms with Crippen LogP contribution < -0.4 is 10.6 Å². The van der Waals surface area contributed by atoms with Crippen molar-refractivity contribution in [3.8, 4) is 6.07 Å². The van der Waals surface area contributed by atoms with Gasteiger partial charge in [0.1, 0.15) is 11.9 Å². The second kappa shape index (κ2) is 9.45. The van der Waals surface area contributed by atoms with E-state index >= 15 is 0 Å². The number of piperidine rings is 1. The molecule has 1 saturated carbocycles. The van der Waals surface area contributed by atoms with Crippen molar-refractivity contribution < 1.29 is 9.59 Å². The average molecular weight is 400 g/mol. The van der Waals surface area contributed by atoms with Crippen LogP contribution in [-0.2, 0) is 9.59 Å². The molecule has 2 amide bonds. The van der Waals surface area contributed by atoms with Gasteiger partial charge in [0.05, 0.1) is 12.1 Å². The maximum atomic E-state index is 12.9. The van der Waals surface area contributed by atoms with Crippen LogP contribution in [0.4, 0.5) is 5.82 Å². The SMILES string of the molecule is CC(=O)NCC1CCCN(CC(=O)Nc2c(C#N)c(C)c(C)n2C2CCCC2)C1. The van der Waals surface area contributed by atoms with Crippen LogP contribution in [-0.4, -0.2) is 47.5 Å². The average Bonchev–Trinajstić information content (AvgIpc) is 3.28. The molecule has 0 spiro atoms. The summed E-state index contributed by atoms with van der Waals surface area (Å²) in [5.74, 6) is 0.967. The number of likely N-dealkylation sites (tertiary alicyclic amines) is 1. The number of anilines is 1. The molecule has 1 aliphatic carbocycles. The first-order chi connectivity index (χ1) is 13.9. The lowest BCUT2D eigenvalue weighted by molar-refractivity contribution is -0.120. The highest BCUT2D eigenvalue weighted by molar-refractivity contribution is 5.93. The van der Waals surface area contributed by atoms with Crippen molar-refractivity contribution in [3.05, 3.63) is 16.8 Å². The maximum absolute atomic E-state index is 12.9. The van der Waals surface area contributed by atoms with Crippen molar-refractivity contribution in [1.82, 2.24) is 14.8 Å². The van der Waals surface area contributed by atoms with Crippen molar-refractivity contribution in [2.45, 2.75) is 65.3 Å². The van der Waals surface area contributed by atoms with Crippen LogP contribution in [0.25, 0.3) is 0 Å². The highest BCUT2D eigenvalue weighted by Crippen LogP contribution is 2.37. The third-order valence-corrected chi connectivity index (χ3v) is 6.43. The molecule has 2 N–H and O–H groups in total. The summed E-state index contributed by atoms with van der Waals surface area (Å²) in [5.41, 5.74) is 2.63. The minimum Gasteiger partial charge on any atom is -0.356 e. The predicted molar refractivity (Wildman–Crippen MR) is 113 cm³/mol. The molecule has 29 heavy (non-hydrogen) atoms. The molecular formula is C22H33N5O2. The monoisotopic (exact) mass is 399 g/mol. The Morgan fingerprint density at radius 2 is 1.90 bits per heavy atom. The molecule has 1 aromatic rings.